The van der Waals surface area contributed by atoms with Crippen molar-refractivity contribution < 1.29 is 9.90 Å². The van der Waals surface area contributed by atoms with E-state index in [1.165, 1.54) is 22.3 Å². The predicted molar refractivity (Wildman–Crippen MR) is 117 cm³/mol. The molecule has 2 aromatic carbocycles. The van der Waals surface area contributed by atoms with Gasteiger partial charge in [-0.15, -0.1) is 0 Å². The maximum absolute atomic E-state index is 11.0. The van der Waals surface area contributed by atoms with Crippen molar-refractivity contribution in [1.29, 1.82) is 0 Å². The molecule has 0 unspecified atom stereocenters. The molecule has 2 rings (SSSR count). The van der Waals surface area contributed by atoms with Crippen molar-refractivity contribution in [2.75, 3.05) is 6.54 Å². The number of aryl methyl sites for hydroxylation is 3. The Hall–Kier alpha value is -1.84. The Morgan fingerprint density at radius 2 is 1.75 bits per heavy atom. The van der Waals surface area contributed by atoms with E-state index in [4.69, 9.17) is 16.7 Å². The highest BCUT2D eigenvalue weighted by molar-refractivity contribution is 6.32. The number of hydrogen-bond acceptors (Lipinski definition) is 2. The van der Waals surface area contributed by atoms with Crippen LogP contribution in [0.25, 0.3) is 0 Å². The summed E-state index contributed by atoms with van der Waals surface area (Å²) in [6.45, 7) is 11.4. The minimum absolute atomic E-state index is 0.385. The van der Waals surface area contributed by atoms with Gasteiger partial charge in [-0.25, -0.2) is 0 Å². The molecule has 3 nitrogen and oxygen atoms in total. The fraction of sp³-hybridized carbons (Fsp3) is 0.458. The van der Waals surface area contributed by atoms with Crippen LogP contribution in [0.5, 0.6) is 0 Å². The first-order chi connectivity index (χ1) is 13.2. The molecule has 0 spiro atoms. The van der Waals surface area contributed by atoms with E-state index in [-0.39, 0.29) is 5.92 Å². The molecule has 152 valence electrons. The molecule has 0 aliphatic carbocycles. The number of carbonyl (C=O) groups is 1. The molecule has 4 heteroatoms. The molecule has 0 aromatic heterocycles. The second-order valence-electron chi connectivity index (χ2n) is 7.91. The van der Waals surface area contributed by atoms with Gasteiger partial charge in [0.05, 0.1) is 5.92 Å². The Morgan fingerprint density at radius 3 is 2.32 bits per heavy atom. The lowest BCUT2D eigenvalue weighted by atomic mass is 9.87. The summed E-state index contributed by atoms with van der Waals surface area (Å²) in [5.74, 6) is -0.702. The molecule has 0 fully saturated rings. The van der Waals surface area contributed by atoms with Crippen LogP contribution >= 0.6 is 11.6 Å². The van der Waals surface area contributed by atoms with Gasteiger partial charge < -0.3 is 10.4 Å². The van der Waals surface area contributed by atoms with Gasteiger partial charge in [-0.05, 0) is 72.9 Å². The number of halogens is 1. The summed E-state index contributed by atoms with van der Waals surface area (Å²) in [7, 11) is 0. The second-order valence-corrected chi connectivity index (χ2v) is 8.29. The summed E-state index contributed by atoms with van der Waals surface area (Å²) < 4.78 is 0. The zero-order valence-corrected chi connectivity index (χ0v) is 18.4. The lowest BCUT2D eigenvalue weighted by Crippen LogP contribution is -2.26. The monoisotopic (exact) mass is 401 g/mol. The summed E-state index contributed by atoms with van der Waals surface area (Å²) >= 11 is 6.34. The van der Waals surface area contributed by atoms with Crippen LogP contribution < -0.4 is 5.32 Å². The highest BCUT2D eigenvalue weighted by Crippen LogP contribution is 2.30. The molecule has 0 aliphatic rings. The fourth-order valence-corrected chi connectivity index (χ4v) is 3.66. The number of aliphatic carboxylic acids is 1. The van der Waals surface area contributed by atoms with Gasteiger partial charge in [-0.1, -0.05) is 55.8 Å². The van der Waals surface area contributed by atoms with Gasteiger partial charge in [0, 0.05) is 18.1 Å². The first-order valence-corrected chi connectivity index (χ1v) is 10.4. The fourth-order valence-electron chi connectivity index (χ4n) is 3.55. The molecule has 2 atom stereocenters. The number of benzene rings is 2. The van der Waals surface area contributed by atoms with Crippen LogP contribution in [-0.2, 0) is 17.8 Å². The van der Waals surface area contributed by atoms with E-state index >= 15 is 0 Å². The van der Waals surface area contributed by atoms with E-state index in [2.05, 4.69) is 63.3 Å². The summed E-state index contributed by atoms with van der Waals surface area (Å²) in [4.78, 5) is 11.0. The van der Waals surface area contributed by atoms with E-state index in [0.717, 1.165) is 29.0 Å². The molecule has 0 radical (unpaired) electrons. The van der Waals surface area contributed by atoms with Crippen LogP contribution in [0.2, 0.25) is 5.02 Å². The van der Waals surface area contributed by atoms with Crippen LogP contribution in [0.15, 0.2) is 30.3 Å². The number of carboxylic acids is 1. The Morgan fingerprint density at radius 1 is 1.11 bits per heavy atom. The van der Waals surface area contributed by atoms with Crippen LogP contribution in [0.4, 0.5) is 0 Å². The zero-order chi connectivity index (χ0) is 20.8. The molecule has 0 amide bonds. The van der Waals surface area contributed by atoms with Gasteiger partial charge >= 0.3 is 5.97 Å². The number of nitrogens with one attached hydrogen (secondary N) is 1. The van der Waals surface area contributed by atoms with E-state index in [9.17, 15) is 4.79 Å². The Labute approximate surface area is 174 Å². The maximum atomic E-state index is 11.0. The van der Waals surface area contributed by atoms with Gasteiger partial charge in [-0.2, -0.15) is 0 Å². The average Bonchev–Trinajstić information content (AvgIpc) is 2.65. The molecule has 0 bridgehead atoms. The molecule has 0 saturated carbocycles. The second kappa shape index (κ2) is 10.1. The SMILES string of the molecule is CC[C@@H](Cc1ccc(C)c(CNC[C@H](C)C(=O)O)c1)c1cc(C)c(Cl)c(C)c1. The van der Waals surface area contributed by atoms with Crippen LogP contribution in [0.3, 0.4) is 0 Å². The quantitative estimate of drug-likeness (QED) is 0.557. The van der Waals surface area contributed by atoms with Gasteiger partial charge in [0.25, 0.3) is 0 Å². The standard InChI is InChI=1S/C24H32ClNO2/c1-6-20(21-9-16(3)23(25)17(4)10-21)11-19-8-7-15(2)22(12-19)14-26-13-18(5)24(27)28/h7-10,12,18,20,26H,6,11,13-14H2,1-5H3,(H,27,28)/t18-,20-/m0/s1. The third kappa shape index (κ3) is 5.83. The predicted octanol–water partition coefficient (Wildman–Crippen LogP) is 5.81. The summed E-state index contributed by atoms with van der Waals surface area (Å²) in [6.07, 6.45) is 2.05. The van der Waals surface area contributed by atoms with Crippen molar-refractivity contribution in [3.8, 4) is 0 Å². The van der Waals surface area contributed by atoms with Crippen molar-refractivity contribution in [1.82, 2.24) is 5.32 Å². The molecular weight excluding hydrogens is 370 g/mol. The molecule has 0 heterocycles. The Balaban J connectivity index is 2.13. The summed E-state index contributed by atoms with van der Waals surface area (Å²) in [5.41, 5.74) is 7.38. The number of carboxylic acid groups (broad SMARTS) is 1. The van der Waals surface area contributed by atoms with E-state index in [1.807, 2.05) is 0 Å². The lowest BCUT2D eigenvalue weighted by molar-refractivity contribution is -0.140. The minimum Gasteiger partial charge on any atom is -0.481 e. The molecule has 0 saturated heterocycles. The largest absolute Gasteiger partial charge is 0.481 e. The highest BCUT2D eigenvalue weighted by atomic mass is 35.5. The van der Waals surface area contributed by atoms with Crippen LogP contribution in [-0.4, -0.2) is 17.6 Å². The normalized spacial score (nSPS) is 13.4. The van der Waals surface area contributed by atoms with E-state index in [0.29, 0.717) is 19.0 Å². The highest BCUT2D eigenvalue weighted by Gasteiger charge is 2.14. The van der Waals surface area contributed by atoms with Crippen molar-refractivity contribution in [3.05, 3.63) is 68.7 Å². The van der Waals surface area contributed by atoms with Crippen LogP contribution in [0, 0.1) is 26.7 Å². The molecule has 28 heavy (non-hydrogen) atoms. The van der Waals surface area contributed by atoms with Crippen molar-refractivity contribution in [2.24, 2.45) is 5.92 Å². The summed E-state index contributed by atoms with van der Waals surface area (Å²) in [6, 6.07) is 11.1. The van der Waals surface area contributed by atoms with Crippen molar-refractivity contribution in [3.63, 3.8) is 0 Å². The minimum atomic E-state index is -0.766. The molecule has 2 N–H and O–H groups in total. The Bertz CT molecular complexity index is 808. The third-order valence-corrected chi connectivity index (χ3v) is 6.10. The van der Waals surface area contributed by atoms with Crippen molar-refractivity contribution in [2.45, 2.75) is 59.9 Å². The first-order valence-electron chi connectivity index (χ1n) is 10.0. The Kier molecular flexibility index (Phi) is 8.09. The number of hydrogen-bond donors (Lipinski definition) is 2. The average molecular weight is 402 g/mol. The lowest BCUT2D eigenvalue weighted by Gasteiger charge is -2.19. The topological polar surface area (TPSA) is 49.3 Å². The molecule has 0 aliphatic heterocycles. The maximum Gasteiger partial charge on any atom is 0.307 e. The molecule has 2 aromatic rings. The molecular formula is C24H32ClNO2. The van der Waals surface area contributed by atoms with Gasteiger partial charge in [0.2, 0.25) is 0 Å². The summed E-state index contributed by atoms with van der Waals surface area (Å²) in [5, 5.41) is 13.2. The van der Waals surface area contributed by atoms with E-state index in [1.54, 1.807) is 6.92 Å². The third-order valence-electron chi connectivity index (χ3n) is 5.51. The van der Waals surface area contributed by atoms with Crippen molar-refractivity contribution >= 4 is 17.6 Å². The number of rotatable bonds is 9. The van der Waals surface area contributed by atoms with Gasteiger partial charge in [0.15, 0.2) is 0 Å². The smallest absolute Gasteiger partial charge is 0.307 e. The first kappa shape index (κ1) is 22.4. The van der Waals surface area contributed by atoms with Gasteiger partial charge in [0.1, 0.15) is 0 Å². The van der Waals surface area contributed by atoms with E-state index < -0.39 is 5.97 Å². The van der Waals surface area contributed by atoms with Gasteiger partial charge in [-0.3, -0.25) is 4.79 Å². The zero-order valence-electron chi connectivity index (χ0n) is 17.6. The van der Waals surface area contributed by atoms with Crippen LogP contribution in [0.1, 0.15) is 59.6 Å².